The highest BCUT2D eigenvalue weighted by Gasteiger charge is 2.25. The predicted octanol–water partition coefficient (Wildman–Crippen LogP) is 2.42. The Labute approximate surface area is 103 Å². The van der Waals surface area contributed by atoms with Crippen molar-refractivity contribution in [1.82, 2.24) is 5.32 Å². The fraction of sp³-hybridized carbons (Fsp3) is 0.364. The maximum Gasteiger partial charge on any atom is 0.254 e. The van der Waals surface area contributed by atoms with Gasteiger partial charge in [-0.1, -0.05) is 6.07 Å². The zero-order chi connectivity index (χ0) is 10.8. The summed E-state index contributed by atoms with van der Waals surface area (Å²) in [4.78, 5) is 0. The molecule has 5 heteroatoms. The average molecular weight is 289 g/mol. The van der Waals surface area contributed by atoms with Crippen LogP contribution in [-0.4, -0.2) is 12.5 Å². The Morgan fingerprint density at radius 2 is 2.12 bits per heavy atom. The molecule has 0 saturated carbocycles. The summed E-state index contributed by atoms with van der Waals surface area (Å²) < 4.78 is 24.9. The molecular weight excluding hydrogens is 278 g/mol. The zero-order valence-corrected chi connectivity index (χ0v) is 10.1. The number of hydrogen-bond donors (Lipinski definition) is 1. The van der Waals surface area contributed by atoms with E-state index in [1.807, 2.05) is 6.07 Å². The van der Waals surface area contributed by atoms with Gasteiger partial charge in [0.15, 0.2) is 0 Å². The third-order valence-electron chi connectivity index (χ3n) is 2.63. The fourth-order valence-corrected chi connectivity index (χ4v) is 1.79. The van der Waals surface area contributed by atoms with Crippen molar-refractivity contribution in [2.24, 2.45) is 0 Å². The van der Waals surface area contributed by atoms with Gasteiger partial charge in [0.1, 0.15) is 0 Å². The first-order valence-corrected chi connectivity index (χ1v) is 4.74. The van der Waals surface area contributed by atoms with Crippen molar-refractivity contribution in [3.8, 4) is 6.07 Å². The molecule has 0 amide bonds. The van der Waals surface area contributed by atoms with Crippen molar-refractivity contribution in [3.05, 3.63) is 34.9 Å². The number of halogens is 3. The molecule has 1 unspecified atom stereocenters. The number of alkyl halides is 2. The van der Waals surface area contributed by atoms with E-state index in [0.717, 1.165) is 11.1 Å². The van der Waals surface area contributed by atoms with Crippen LogP contribution in [0.15, 0.2) is 18.2 Å². The average Bonchev–Trinajstić information content (AvgIpc) is 2.27. The van der Waals surface area contributed by atoms with Crippen LogP contribution in [0.2, 0.25) is 0 Å². The van der Waals surface area contributed by atoms with E-state index in [1.165, 1.54) is 0 Å². The van der Waals surface area contributed by atoms with E-state index in [-0.39, 0.29) is 17.0 Å². The van der Waals surface area contributed by atoms with Crippen molar-refractivity contribution in [3.63, 3.8) is 0 Å². The molecule has 0 saturated heterocycles. The van der Waals surface area contributed by atoms with Crippen molar-refractivity contribution in [1.29, 1.82) is 5.26 Å². The van der Waals surface area contributed by atoms with Crippen LogP contribution in [0.5, 0.6) is 0 Å². The molecule has 0 radical (unpaired) electrons. The highest BCUT2D eigenvalue weighted by molar-refractivity contribution is 8.93. The van der Waals surface area contributed by atoms with E-state index in [9.17, 15) is 8.78 Å². The molecule has 16 heavy (non-hydrogen) atoms. The van der Waals surface area contributed by atoms with E-state index in [2.05, 4.69) is 5.32 Å². The molecule has 1 aliphatic rings. The normalized spacial score (nSPS) is 18.5. The minimum absolute atomic E-state index is 0. The monoisotopic (exact) mass is 288 g/mol. The first-order valence-electron chi connectivity index (χ1n) is 4.74. The Balaban J connectivity index is 0.00000128. The quantitative estimate of drug-likeness (QED) is 0.862. The SMILES string of the molecule is Br.N#Cc1ccc2c(c1)CNC(C(F)F)C2. The molecule has 1 heterocycles. The van der Waals surface area contributed by atoms with E-state index >= 15 is 0 Å². The first-order chi connectivity index (χ1) is 7.20. The second-order valence-electron chi connectivity index (χ2n) is 3.62. The van der Waals surface area contributed by atoms with Gasteiger partial charge >= 0.3 is 0 Å². The van der Waals surface area contributed by atoms with Gasteiger partial charge in [-0.2, -0.15) is 5.26 Å². The fourth-order valence-electron chi connectivity index (χ4n) is 1.79. The predicted molar refractivity (Wildman–Crippen MR) is 61.8 cm³/mol. The lowest BCUT2D eigenvalue weighted by molar-refractivity contribution is 0.0942. The summed E-state index contributed by atoms with van der Waals surface area (Å²) in [7, 11) is 0. The molecule has 86 valence electrons. The van der Waals surface area contributed by atoms with Crippen LogP contribution in [0.1, 0.15) is 16.7 Å². The van der Waals surface area contributed by atoms with Gasteiger partial charge in [0.25, 0.3) is 6.43 Å². The van der Waals surface area contributed by atoms with Crippen molar-refractivity contribution in [2.75, 3.05) is 0 Å². The van der Waals surface area contributed by atoms with Crippen LogP contribution in [0.25, 0.3) is 0 Å². The van der Waals surface area contributed by atoms with Crippen LogP contribution in [0.3, 0.4) is 0 Å². The number of benzene rings is 1. The lowest BCUT2D eigenvalue weighted by Crippen LogP contribution is -2.40. The number of nitrogens with one attached hydrogen (secondary N) is 1. The summed E-state index contributed by atoms with van der Waals surface area (Å²) in [6, 6.07) is 6.47. The van der Waals surface area contributed by atoms with E-state index < -0.39 is 12.5 Å². The lowest BCUT2D eigenvalue weighted by atomic mass is 9.94. The Kier molecular flexibility index (Phi) is 4.39. The zero-order valence-electron chi connectivity index (χ0n) is 8.41. The maximum atomic E-state index is 12.4. The number of nitrogens with zero attached hydrogens (tertiary/aromatic N) is 1. The number of rotatable bonds is 1. The smallest absolute Gasteiger partial charge is 0.254 e. The van der Waals surface area contributed by atoms with Crippen LogP contribution in [0.4, 0.5) is 8.78 Å². The van der Waals surface area contributed by atoms with Gasteiger partial charge in [-0.05, 0) is 29.7 Å². The molecular formula is C11H11BrF2N2. The molecule has 1 aromatic rings. The molecule has 2 nitrogen and oxygen atoms in total. The second-order valence-corrected chi connectivity index (χ2v) is 3.62. The molecule has 0 aliphatic carbocycles. The van der Waals surface area contributed by atoms with Gasteiger partial charge in [0, 0.05) is 6.54 Å². The third-order valence-corrected chi connectivity index (χ3v) is 2.63. The number of fused-ring (bicyclic) bond motifs is 1. The van der Waals surface area contributed by atoms with Gasteiger partial charge in [-0.15, -0.1) is 17.0 Å². The second kappa shape index (κ2) is 5.37. The largest absolute Gasteiger partial charge is 0.304 e. The standard InChI is InChI=1S/C11H10F2N2.BrH/c12-11(13)10-4-8-2-1-7(5-14)3-9(8)6-15-10;/h1-3,10-11,15H,4,6H2;1H. The van der Waals surface area contributed by atoms with Gasteiger partial charge < -0.3 is 5.32 Å². The van der Waals surface area contributed by atoms with E-state index in [0.29, 0.717) is 18.5 Å². The van der Waals surface area contributed by atoms with Crippen molar-refractivity contribution < 1.29 is 8.78 Å². The number of nitriles is 1. The molecule has 0 bridgehead atoms. The summed E-state index contributed by atoms with van der Waals surface area (Å²) in [5, 5.41) is 11.5. The van der Waals surface area contributed by atoms with Gasteiger partial charge in [-0.3, -0.25) is 0 Å². The Hall–Kier alpha value is -0.990. The Morgan fingerprint density at radius 3 is 2.75 bits per heavy atom. The highest BCUT2D eigenvalue weighted by atomic mass is 79.9. The Morgan fingerprint density at radius 1 is 1.38 bits per heavy atom. The molecule has 1 aromatic carbocycles. The molecule has 1 aliphatic heterocycles. The van der Waals surface area contributed by atoms with Crippen LogP contribution in [0, 0.1) is 11.3 Å². The van der Waals surface area contributed by atoms with E-state index in [4.69, 9.17) is 5.26 Å². The van der Waals surface area contributed by atoms with Gasteiger partial charge in [0.05, 0.1) is 17.7 Å². The lowest BCUT2D eigenvalue weighted by Gasteiger charge is -2.25. The Bertz CT molecular complexity index is 415. The molecule has 1 atom stereocenters. The third kappa shape index (κ3) is 2.57. The topological polar surface area (TPSA) is 35.8 Å². The summed E-state index contributed by atoms with van der Waals surface area (Å²) >= 11 is 0. The molecule has 1 N–H and O–H groups in total. The summed E-state index contributed by atoms with van der Waals surface area (Å²) in [5.41, 5.74) is 2.44. The summed E-state index contributed by atoms with van der Waals surface area (Å²) in [6.07, 6.45) is -2.01. The summed E-state index contributed by atoms with van der Waals surface area (Å²) in [6.45, 7) is 0.417. The van der Waals surface area contributed by atoms with E-state index in [1.54, 1.807) is 18.2 Å². The van der Waals surface area contributed by atoms with Crippen LogP contribution >= 0.6 is 17.0 Å². The first kappa shape index (κ1) is 13.1. The van der Waals surface area contributed by atoms with Gasteiger partial charge in [0.2, 0.25) is 0 Å². The maximum absolute atomic E-state index is 12.4. The minimum Gasteiger partial charge on any atom is -0.304 e. The van der Waals surface area contributed by atoms with Crippen LogP contribution in [-0.2, 0) is 13.0 Å². The molecule has 2 rings (SSSR count). The van der Waals surface area contributed by atoms with Crippen molar-refractivity contribution in [2.45, 2.75) is 25.4 Å². The molecule has 0 spiro atoms. The van der Waals surface area contributed by atoms with Crippen molar-refractivity contribution >= 4 is 17.0 Å². The number of hydrogen-bond acceptors (Lipinski definition) is 2. The molecule has 0 aromatic heterocycles. The minimum atomic E-state index is -2.34. The summed E-state index contributed by atoms with van der Waals surface area (Å²) in [5.74, 6) is 0. The highest BCUT2D eigenvalue weighted by Crippen LogP contribution is 2.20. The molecule has 0 fully saturated rings. The van der Waals surface area contributed by atoms with Crippen LogP contribution < -0.4 is 5.32 Å². The van der Waals surface area contributed by atoms with Gasteiger partial charge in [-0.25, -0.2) is 8.78 Å².